The number of pyridine rings is 1. The molecular weight excluding hydrogens is 471 g/mol. The Kier molecular flexibility index (Phi) is 8.16. The van der Waals surface area contributed by atoms with Crippen LogP contribution < -0.4 is 10.6 Å². The Balaban J connectivity index is 1.28. The highest BCUT2D eigenvalue weighted by atomic mass is 35.5. The van der Waals surface area contributed by atoms with Crippen molar-refractivity contribution < 1.29 is 9.59 Å². The van der Waals surface area contributed by atoms with E-state index in [1.165, 1.54) is 5.56 Å². The maximum atomic E-state index is 12.8. The van der Waals surface area contributed by atoms with Crippen molar-refractivity contribution in [2.24, 2.45) is 0 Å². The predicted molar refractivity (Wildman–Crippen MR) is 136 cm³/mol. The van der Waals surface area contributed by atoms with Crippen LogP contribution in [0, 0.1) is 0 Å². The maximum absolute atomic E-state index is 12.8. The van der Waals surface area contributed by atoms with Crippen LogP contribution in [0.15, 0.2) is 67.0 Å². The summed E-state index contributed by atoms with van der Waals surface area (Å²) in [5.74, 6) is -0.0953. The zero-order chi connectivity index (χ0) is 23.9. The van der Waals surface area contributed by atoms with E-state index >= 15 is 0 Å². The van der Waals surface area contributed by atoms with Gasteiger partial charge in [0, 0.05) is 25.5 Å². The lowest BCUT2D eigenvalue weighted by Gasteiger charge is -2.32. The first-order valence-corrected chi connectivity index (χ1v) is 12.0. The number of hydrogen-bond donors (Lipinski definition) is 2. The molecule has 0 aliphatic carbocycles. The number of carbonyl (C=O) groups excluding carboxylic acids is 2. The van der Waals surface area contributed by atoms with Crippen molar-refractivity contribution in [2.45, 2.75) is 18.8 Å². The van der Waals surface area contributed by atoms with E-state index in [9.17, 15) is 9.59 Å². The van der Waals surface area contributed by atoms with Crippen LogP contribution in [0.3, 0.4) is 0 Å². The number of piperidine rings is 1. The quantitative estimate of drug-likeness (QED) is 0.468. The van der Waals surface area contributed by atoms with Crippen LogP contribution in [0.1, 0.15) is 45.0 Å². The van der Waals surface area contributed by atoms with Crippen LogP contribution in [-0.4, -0.2) is 47.9 Å². The zero-order valence-electron chi connectivity index (χ0n) is 18.6. The lowest BCUT2D eigenvalue weighted by Crippen LogP contribution is -2.39. The van der Waals surface area contributed by atoms with Crippen molar-refractivity contribution in [1.82, 2.24) is 15.2 Å². The molecule has 3 aromatic rings. The Morgan fingerprint density at radius 2 is 1.62 bits per heavy atom. The van der Waals surface area contributed by atoms with Gasteiger partial charge in [0.25, 0.3) is 11.8 Å². The SMILES string of the molecule is O=C(Nc1cccc(C(=O)NCCN2CCC(c3ccncc3)CC2)c1Cl)c1ccccc1Cl. The fraction of sp³-hybridized carbons (Fsp3) is 0.269. The van der Waals surface area contributed by atoms with Gasteiger partial charge in [-0.1, -0.05) is 41.4 Å². The van der Waals surface area contributed by atoms with Crippen molar-refractivity contribution in [2.75, 3.05) is 31.5 Å². The van der Waals surface area contributed by atoms with E-state index < -0.39 is 0 Å². The van der Waals surface area contributed by atoms with Crippen LogP contribution in [-0.2, 0) is 0 Å². The molecule has 1 fully saturated rings. The lowest BCUT2D eigenvalue weighted by atomic mass is 9.90. The summed E-state index contributed by atoms with van der Waals surface area (Å²) in [6.45, 7) is 3.28. The number of anilines is 1. The van der Waals surface area contributed by atoms with E-state index in [0.717, 1.165) is 32.5 Å². The van der Waals surface area contributed by atoms with Crippen LogP contribution in [0.2, 0.25) is 10.0 Å². The number of benzene rings is 2. The van der Waals surface area contributed by atoms with E-state index in [2.05, 4.69) is 32.7 Å². The number of amides is 2. The predicted octanol–water partition coefficient (Wildman–Crippen LogP) is 5.25. The molecule has 8 heteroatoms. The number of aromatic nitrogens is 1. The summed E-state index contributed by atoms with van der Waals surface area (Å²) in [5, 5.41) is 6.22. The van der Waals surface area contributed by atoms with Crippen LogP contribution in [0.4, 0.5) is 5.69 Å². The molecule has 0 atom stereocenters. The van der Waals surface area contributed by atoms with Gasteiger partial charge in [-0.25, -0.2) is 0 Å². The van der Waals surface area contributed by atoms with Crippen molar-refractivity contribution in [3.8, 4) is 0 Å². The molecular formula is C26H26Cl2N4O2. The number of likely N-dealkylation sites (tertiary alicyclic amines) is 1. The molecule has 0 bridgehead atoms. The van der Waals surface area contributed by atoms with Gasteiger partial charge in [0.05, 0.1) is 26.9 Å². The Morgan fingerprint density at radius 1 is 0.912 bits per heavy atom. The topological polar surface area (TPSA) is 74.3 Å². The minimum absolute atomic E-state index is 0.193. The fourth-order valence-corrected chi connectivity index (χ4v) is 4.67. The lowest BCUT2D eigenvalue weighted by molar-refractivity contribution is 0.0944. The molecule has 0 saturated carbocycles. The molecule has 1 saturated heterocycles. The molecule has 1 aromatic heterocycles. The monoisotopic (exact) mass is 496 g/mol. The molecule has 0 spiro atoms. The third-order valence-corrected chi connectivity index (χ3v) is 6.83. The molecule has 0 radical (unpaired) electrons. The fourth-order valence-electron chi connectivity index (χ4n) is 4.19. The smallest absolute Gasteiger partial charge is 0.257 e. The van der Waals surface area contributed by atoms with Crippen molar-refractivity contribution in [3.05, 3.63) is 93.7 Å². The summed E-state index contributed by atoms with van der Waals surface area (Å²) in [5.41, 5.74) is 2.36. The molecule has 1 aliphatic heterocycles. The summed E-state index contributed by atoms with van der Waals surface area (Å²) >= 11 is 12.6. The molecule has 0 unspecified atom stereocenters. The molecule has 2 amide bonds. The Hall–Kier alpha value is -2.93. The average molecular weight is 497 g/mol. The van der Waals surface area contributed by atoms with Crippen LogP contribution in [0.5, 0.6) is 0 Å². The third-order valence-electron chi connectivity index (χ3n) is 6.09. The van der Waals surface area contributed by atoms with Gasteiger partial charge in [-0.2, -0.15) is 0 Å². The highest BCUT2D eigenvalue weighted by Crippen LogP contribution is 2.28. The highest BCUT2D eigenvalue weighted by molar-refractivity contribution is 6.37. The normalized spacial score (nSPS) is 14.5. The summed E-state index contributed by atoms with van der Waals surface area (Å²) in [4.78, 5) is 31.8. The van der Waals surface area contributed by atoms with E-state index in [4.69, 9.17) is 23.2 Å². The van der Waals surface area contributed by atoms with Gasteiger partial charge in [-0.05, 0) is 73.8 Å². The second-order valence-corrected chi connectivity index (χ2v) is 9.04. The number of hydrogen-bond acceptors (Lipinski definition) is 4. The van der Waals surface area contributed by atoms with Gasteiger partial charge >= 0.3 is 0 Å². The number of rotatable bonds is 7. The minimum atomic E-state index is -0.389. The first-order valence-electron chi connectivity index (χ1n) is 11.3. The summed E-state index contributed by atoms with van der Waals surface area (Å²) in [6, 6.07) is 15.9. The molecule has 176 valence electrons. The molecule has 1 aliphatic rings. The van der Waals surface area contributed by atoms with Crippen molar-refractivity contribution >= 4 is 40.7 Å². The standard InChI is InChI=1S/C26H26Cl2N4O2/c27-22-6-2-1-4-20(22)26(34)31-23-7-3-5-21(24(23)28)25(33)30-14-17-32-15-10-19(11-16-32)18-8-12-29-13-9-18/h1-9,12-13,19H,10-11,14-17H2,(H,30,33)(H,31,34). The van der Waals surface area contributed by atoms with Gasteiger partial charge in [-0.3, -0.25) is 14.6 Å². The molecule has 4 rings (SSSR count). The average Bonchev–Trinajstić information content (AvgIpc) is 2.86. The van der Waals surface area contributed by atoms with E-state index in [-0.39, 0.29) is 16.8 Å². The highest BCUT2D eigenvalue weighted by Gasteiger charge is 2.21. The molecule has 2 heterocycles. The number of nitrogens with one attached hydrogen (secondary N) is 2. The Morgan fingerprint density at radius 3 is 2.35 bits per heavy atom. The second-order valence-electron chi connectivity index (χ2n) is 8.25. The number of carbonyl (C=O) groups is 2. The first-order chi connectivity index (χ1) is 16.5. The molecule has 34 heavy (non-hydrogen) atoms. The largest absolute Gasteiger partial charge is 0.351 e. The second kappa shape index (κ2) is 11.5. The number of halogens is 2. The number of nitrogens with zero attached hydrogens (tertiary/aromatic N) is 2. The summed E-state index contributed by atoms with van der Waals surface area (Å²) in [7, 11) is 0. The van der Waals surface area contributed by atoms with E-state index in [1.807, 2.05) is 12.4 Å². The zero-order valence-corrected chi connectivity index (χ0v) is 20.1. The van der Waals surface area contributed by atoms with Crippen molar-refractivity contribution in [1.29, 1.82) is 0 Å². The van der Waals surface area contributed by atoms with Crippen molar-refractivity contribution in [3.63, 3.8) is 0 Å². The molecule has 6 nitrogen and oxygen atoms in total. The third kappa shape index (κ3) is 5.95. The molecule has 2 N–H and O–H groups in total. The van der Waals surface area contributed by atoms with Gasteiger partial charge in [-0.15, -0.1) is 0 Å². The van der Waals surface area contributed by atoms with E-state index in [0.29, 0.717) is 34.3 Å². The first kappa shape index (κ1) is 24.2. The van der Waals surface area contributed by atoms with Gasteiger partial charge in [0.2, 0.25) is 0 Å². The Bertz CT molecular complexity index is 1150. The minimum Gasteiger partial charge on any atom is -0.351 e. The summed E-state index contributed by atoms with van der Waals surface area (Å²) in [6.07, 6.45) is 5.88. The van der Waals surface area contributed by atoms with Gasteiger partial charge in [0.1, 0.15) is 0 Å². The molecule has 2 aromatic carbocycles. The van der Waals surface area contributed by atoms with E-state index in [1.54, 1.807) is 42.5 Å². The van der Waals surface area contributed by atoms with Gasteiger partial charge in [0.15, 0.2) is 0 Å². The Labute approximate surface area is 209 Å². The van der Waals surface area contributed by atoms with Crippen LogP contribution in [0.25, 0.3) is 0 Å². The maximum Gasteiger partial charge on any atom is 0.257 e. The van der Waals surface area contributed by atoms with Gasteiger partial charge < -0.3 is 15.5 Å². The van der Waals surface area contributed by atoms with Crippen LogP contribution >= 0.6 is 23.2 Å². The summed E-state index contributed by atoms with van der Waals surface area (Å²) < 4.78 is 0.